The fourth-order valence-electron chi connectivity index (χ4n) is 6.11. The Morgan fingerprint density at radius 3 is 2.28 bits per heavy atom. The summed E-state index contributed by atoms with van der Waals surface area (Å²) < 4.78 is 11.3. The van der Waals surface area contributed by atoms with E-state index in [9.17, 15) is 19.2 Å². The molecule has 0 bridgehead atoms. The second-order valence-electron chi connectivity index (χ2n) is 11.3. The third kappa shape index (κ3) is 6.37. The van der Waals surface area contributed by atoms with Gasteiger partial charge in [0.25, 0.3) is 11.8 Å². The molecule has 43 heavy (non-hydrogen) atoms. The minimum Gasteiger partial charge on any atom is -0.449 e. The number of carbonyl (C=O) groups excluding carboxylic acids is 4. The fourth-order valence-corrected chi connectivity index (χ4v) is 6.22. The van der Waals surface area contributed by atoms with Gasteiger partial charge in [-0.05, 0) is 68.9 Å². The van der Waals surface area contributed by atoms with Gasteiger partial charge in [0.2, 0.25) is 17.6 Å². The van der Waals surface area contributed by atoms with Crippen LogP contribution < -0.4 is 10.6 Å². The van der Waals surface area contributed by atoms with Crippen LogP contribution in [0.2, 0.25) is 5.02 Å². The molecule has 2 N–H and O–H groups in total. The molecule has 4 amide bonds. The molecule has 3 aliphatic rings. The number of fused-ring (bicyclic) bond motifs is 1. The van der Waals surface area contributed by atoms with Crippen molar-refractivity contribution in [3.63, 3.8) is 0 Å². The highest BCUT2D eigenvalue weighted by molar-refractivity contribution is 6.30. The van der Waals surface area contributed by atoms with Crippen LogP contribution in [0, 0.1) is 11.8 Å². The number of furan rings is 1. The van der Waals surface area contributed by atoms with Gasteiger partial charge in [0.1, 0.15) is 17.1 Å². The lowest BCUT2D eigenvalue weighted by Gasteiger charge is -2.29. The molecule has 0 radical (unpaired) electrons. The Labute approximate surface area is 253 Å². The zero-order valence-corrected chi connectivity index (χ0v) is 24.5. The summed E-state index contributed by atoms with van der Waals surface area (Å²) in [4.78, 5) is 60.9. The van der Waals surface area contributed by atoms with Crippen molar-refractivity contribution < 1.29 is 28.3 Å². The normalized spacial score (nSPS) is 20.7. The molecule has 11 nitrogen and oxygen atoms in total. The molecule has 1 aliphatic carbocycles. The second-order valence-corrected chi connectivity index (χ2v) is 11.7. The summed E-state index contributed by atoms with van der Waals surface area (Å²) in [5, 5.41) is 6.50. The predicted octanol–water partition coefficient (Wildman–Crippen LogP) is 4.57. The van der Waals surface area contributed by atoms with E-state index < -0.39 is 5.91 Å². The molecule has 0 unspecified atom stereocenters. The molecule has 2 aliphatic heterocycles. The Morgan fingerprint density at radius 2 is 1.58 bits per heavy atom. The Balaban J connectivity index is 1.24. The molecule has 3 fully saturated rings. The van der Waals surface area contributed by atoms with E-state index >= 15 is 0 Å². The Bertz CT molecular complexity index is 1520. The van der Waals surface area contributed by atoms with Crippen LogP contribution >= 0.6 is 11.6 Å². The van der Waals surface area contributed by atoms with Gasteiger partial charge in [-0.15, -0.1) is 0 Å². The van der Waals surface area contributed by atoms with Gasteiger partial charge >= 0.3 is 0 Å². The number of likely N-dealkylation sites (tertiary alicyclic amines) is 1. The lowest BCUT2D eigenvalue weighted by Crippen LogP contribution is -2.40. The van der Waals surface area contributed by atoms with Gasteiger partial charge in [0.15, 0.2) is 0 Å². The minimum absolute atomic E-state index is 0.0566. The van der Waals surface area contributed by atoms with Crippen molar-refractivity contribution in [1.82, 2.24) is 14.8 Å². The van der Waals surface area contributed by atoms with Gasteiger partial charge in [0.05, 0.1) is 18.2 Å². The van der Waals surface area contributed by atoms with Crippen LogP contribution in [0.15, 0.2) is 40.9 Å². The molecule has 226 valence electrons. The molecule has 1 saturated carbocycles. The number of nitrogens with zero attached hydrogens (tertiary/aromatic N) is 3. The quantitative estimate of drug-likeness (QED) is 0.419. The van der Waals surface area contributed by atoms with Crippen molar-refractivity contribution in [3.8, 4) is 0 Å². The Hall–Kier alpha value is -3.96. The lowest BCUT2D eigenvalue weighted by atomic mass is 9.81. The summed E-state index contributed by atoms with van der Waals surface area (Å²) in [6, 6.07) is 8.08. The number of nitrogens with one attached hydrogen (secondary N) is 2. The average Bonchev–Trinajstić information content (AvgIpc) is 3.71. The van der Waals surface area contributed by atoms with Crippen molar-refractivity contribution in [1.29, 1.82) is 0 Å². The standard InChI is InChI=1S/C31H34ClN5O6/c32-22-8-10-25(33-18-22)34-29(39)27-26(23-17-21(7-9-24(23)43-27)31(41)37-13-15-42-16-14-37)35-28(38)19-3-5-20(6-4-19)30(40)36-11-1-2-12-36/h7-10,17-20H,1-6,11-16H2,(H,35,38)(H,33,34,39)/t19-,20-. The number of carbonyl (C=O) groups is 4. The number of morpholine rings is 1. The number of pyridine rings is 1. The summed E-state index contributed by atoms with van der Waals surface area (Å²) in [5.74, 6) is -1.05. The van der Waals surface area contributed by atoms with Crippen molar-refractivity contribution in [2.24, 2.45) is 11.8 Å². The molecule has 1 aromatic carbocycles. The number of halogens is 1. The van der Waals surface area contributed by atoms with Crippen LogP contribution in [0.4, 0.5) is 11.5 Å². The van der Waals surface area contributed by atoms with Crippen LogP contribution in [0.3, 0.4) is 0 Å². The van der Waals surface area contributed by atoms with E-state index in [-0.39, 0.29) is 46.8 Å². The number of amides is 4. The Morgan fingerprint density at radius 1 is 0.860 bits per heavy atom. The van der Waals surface area contributed by atoms with Crippen LogP contribution in [0.25, 0.3) is 11.0 Å². The van der Waals surface area contributed by atoms with Crippen LogP contribution in [-0.4, -0.2) is 77.8 Å². The van der Waals surface area contributed by atoms with Gasteiger partial charge in [-0.2, -0.15) is 0 Å². The molecule has 0 spiro atoms. The summed E-state index contributed by atoms with van der Waals surface area (Å²) in [5.41, 5.74) is 0.958. The molecule has 2 saturated heterocycles. The number of benzene rings is 1. The molecule has 6 rings (SSSR count). The predicted molar refractivity (Wildman–Crippen MR) is 160 cm³/mol. The highest BCUT2D eigenvalue weighted by atomic mass is 35.5. The number of anilines is 2. The maximum absolute atomic E-state index is 13.6. The van der Waals surface area contributed by atoms with Gasteiger partial charge in [-0.1, -0.05) is 11.6 Å². The van der Waals surface area contributed by atoms with Crippen molar-refractivity contribution in [2.75, 3.05) is 50.0 Å². The lowest BCUT2D eigenvalue weighted by molar-refractivity contribution is -0.136. The van der Waals surface area contributed by atoms with E-state index in [2.05, 4.69) is 15.6 Å². The van der Waals surface area contributed by atoms with Gasteiger partial charge in [-0.3, -0.25) is 19.2 Å². The number of rotatable bonds is 6. The van der Waals surface area contributed by atoms with Crippen LogP contribution in [0.5, 0.6) is 0 Å². The number of ether oxygens (including phenoxy) is 1. The van der Waals surface area contributed by atoms with E-state index in [0.717, 1.165) is 25.9 Å². The largest absolute Gasteiger partial charge is 0.449 e. The first-order chi connectivity index (χ1) is 20.9. The van der Waals surface area contributed by atoms with E-state index in [0.29, 0.717) is 73.5 Å². The van der Waals surface area contributed by atoms with Gasteiger partial charge in [-0.25, -0.2) is 4.98 Å². The molecule has 0 atom stereocenters. The summed E-state index contributed by atoms with van der Waals surface area (Å²) in [7, 11) is 0. The van der Waals surface area contributed by atoms with Crippen LogP contribution in [0.1, 0.15) is 59.4 Å². The molecule has 2 aromatic heterocycles. The van der Waals surface area contributed by atoms with E-state index in [1.54, 1.807) is 35.2 Å². The van der Waals surface area contributed by atoms with E-state index in [4.69, 9.17) is 20.8 Å². The Kier molecular flexibility index (Phi) is 8.62. The van der Waals surface area contributed by atoms with Gasteiger partial charge in [0, 0.05) is 55.2 Å². The van der Waals surface area contributed by atoms with E-state index in [1.807, 2.05) is 4.90 Å². The first-order valence-corrected chi connectivity index (χ1v) is 15.2. The van der Waals surface area contributed by atoms with Crippen molar-refractivity contribution >= 4 is 57.7 Å². The molecular formula is C31H34ClN5O6. The monoisotopic (exact) mass is 607 g/mol. The third-order valence-electron chi connectivity index (χ3n) is 8.52. The highest BCUT2D eigenvalue weighted by Crippen LogP contribution is 2.36. The number of hydrogen-bond acceptors (Lipinski definition) is 7. The number of hydrogen-bond donors (Lipinski definition) is 2. The summed E-state index contributed by atoms with van der Waals surface area (Å²) >= 11 is 5.93. The topological polar surface area (TPSA) is 134 Å². The molecule has 3 aromatic rings. The SMILES string of the molecule is O=C(Nc1ccc(Cl)cn1)c1oc2ccc(C(=O)N3CCOCC3)cc2c1NC(=O)[C@H]1CC[C@H](C(=O)N2CCCC2)CC1. The smallest absolute Gasteiger partial charge is 0.294 e. The minimum atomic E-state index is -0.609. The first kappa shape index (κ1) is 29.1. The average molecular weight is 608 g/mol. The van der Waals surface area contributed by atoms with Crippen molar-refractivity contribution in [2.45, 2.75) is 38.5 Å². The highest BCUT2D eigenvalue weighted by Gasteiger charge is 2.34. The molecule has 4 heterocycles. The van der Waals surface area contributed by atoms with Crippen molar-refractivity contribution in [3.05, 3.63) is 52.9 Å². The fraction of sp³-hybridized carbons (Fsp3) is 0.452. The van der Waals surface area contributed by atoms with Gasteiger partial charge < -0.3 is 29.6 Å². The zero-order chi connectivity index (χ0) is 29.9. The summed E-state index contributed by atoms with van der Waals surface area (Å²) in [6.07, 6.45) is 5.94. The first-order valence-electron chi connectivity index (χ1n) is 14.8. The van der Waals surface area contributed by atoms with E-state index in [1.165, 1.54) is 6.20 Å². The number of aromatic nitrogens is 1. The molecule has 12 heteroatoms. The second kappa shape index (κ2) is 12.7. The summed E-state index contributed by atoms with van der Waals surface area (Å²) in [6.45, 7) is 3.54. The maximum Gasteiger partial charge on any atom is 0.294 e. The maximum atomic E-state index is 13.6. The molecular weight excluding hydrogens is 574 g/mol. The zero-order valence-electron chi connectivity index (χ0n) is 23.8. The van der Waals surface area contributed by atoms with Crippen LogP contribution in [-0.2, 0) is 14.3 Å². The third-order valence-corrected chi connectivity index (χ3v) is 8.75.